The average Bonchev–Trinajstić information content (AvgIpc) is 3.69. The van der Waals surface area contributed by atoms with Gasteiger partial charge in [-0.3, -0.25) is 19.5 Å². The van der Waals surface area contributed by atoms with E-state index in [9.17, 15) is 9.59 Å². The van der Waals surface area contributed by atoms with Crippen molar-refractivity contribution in [2.45, 2.75) is 11.8 Å². The molecule has 1 atom stereocenters. The zero-order valence-electron chi connectivity index (χ0n) is 24.4. The third-order valence-corrected chi connectivity index (χ3v) is 8.90. The van der Waals surface area contributed by atoms with Crippen molar-refractivity contribution < 1.29 is 23.8 Å². The number of hydrogen-bond acceptors (Lipinski definition) is 8. The molecule has 1 N–H and O–H groups in total. The molecule has 0 unspecified atom stereocenters. The number of ether oxygens (including phenoxy) is 3. The largest absolute Gasteiger partial charge is 0.497 e. The fourth-order valence-electron chi connectivity index (χ4n) is 5.46. The molecule has 3 aromatic carbocycles. The highest BCUT2D eigenvalue weighted by Gasteiger charge is 2.38. The standard InChI is InChI=1S/C34H29N5O5S/c1-42-26-13-11-25(12-14-26)39-34-31(32(37-39)22-7-3-2-4-8-22)33(23-10-15-27-28(17-23)44-21-43-27)45-20-30(41)38(34)19-29(40)36-18-24-9-5-6-16-35-24/h2-17,33H,18-21H2,1H3,(H,36,40)/t33-/m0/s1. The minimum absolute atomic E-state index is 0.151. The number of nitrogens with zero attached hydrogens (tertiary/aromatic N) is 4. The Balaban J connectivity index is 1.38. The van der Waals surface area contributed by atoms with Crippen molar-refractivity contribution >= 4 is 29.4 Å². The number of carbonyl (C=O) groups excluding carboxylic acids is 2. The molecule has 10 nitrogen and oxygen atoms in total. The molecule has 0 aliphatic carbocycles. The average molecular weight is 620 g/mol. The van der Waals surface area contributed by atoms with Gasteiger partial charge < -0.3 is 19.5 Å². The van der Waals surface area contributed by atoms with Crippen LogP contribution in [0.4, 0.5) is 5.82 Å². The highest BCUT2D eigenvalue weighted by molar-refractivity contribution is 8.00. The van der Waals surface area contributed by atoms with Crippen LogP contribution in [0.5, 0.6) is 17.2 Å². The van der Waals surface area contributed by atoms with Crippen molar-refractivity contribution in [2.24, 2.45) is 0 Å². The summed E-state index contributed by atoms with van der Waals surface area (Å²) in [4.78, 5) is 33.3. The Morgan fingerprint density at radius 3 is 2.58 bits per heavy atom. The van der Waals surface area contributed by atoms with Crippen LogP contribution in [0, 0.1) is 0 Å². The van der Waals surface area contributed by atoms with E-state index in [-0.39, 0.29) is 42.7 Å². The molecule has 4 heterocycles. The molecule has 5 aromatic rings. The maximum absolute atomic E-state index is 14.0. The summed E-state index contributed by atoms with van der Waals surface area (Å²) in [5, 5.41) is 7.75. The smallest absolute Gasteiger partial charge is 0.240 e. The van der Waals surface area contributed by atoms with Gasteiger partial charge in [0.2, 0.25) is 18.6 Å². The Hall–Kier alpha value is -5.29. The fraction of sp³-hybridized carbons (Fsp3) is 0.176. The fourth-order valence-corrected chi connectivity index (χ4v) is 6.65. The molecule has 0 fully saturated rings. The Morgan fingerprint density at radius 1 is 1.00 bits per heavy atom. The normalized spacial score (nSPS) is 15.4. The number of rotatable bonds is 8. The molecular formula is C34H29N5O5S. The third-order valence-electron chi connectivity index (χ3n) is 7.65. The first-order valence-electron chi connectivity index (χ1n) is 14.4. The number of benzene rings is 3. The van der Waals surface area contributed by atoms with Crippen LogP contribution in [-0.2, 0) is 16.1 Å². The summed E-state index contributed by atoms with van der Waals surface area (Å²) >= 11 is 1.50. The highest BCUT2D eigenvalue weighted by Crippen LogP contribution is 2.50. The summed E-state index contributed by atoms with van der Waals surface area (Å²) < 4.78 is 18.5. The Bertz CT molecular complexity index is 1850. The van der Waals surface area contributed by atoms with Crippen LogP contribution in [-0.4, -0.2) is 52.8 Å². The molecule has 2 aliphatic rings. The molecule has 0 radical (unpaired) electrons. The van der Waals surface area contributed by atoms with Crippen LogP contribution in [0.15, 0.2) is 97.2 Å². The lowest BCUT2D eigenvalue weighted by Crippen LogP contribution is -2.42. The van der Waals surface area contributed by atoms with E-state index < -0.39 is 0 Å². The lowest BCUT2D eigenvalue weighted by molar-refractivity contribution is -0.123. The van der Waals surface area contributed by atoms with Crippen molar-refractivity contribution in [2.75, 3.05) is 31.1 Å². The highest BCUT2D eigenvalue weighted by atomic mass is 32.2. The van der Waals surface area contributed by atoms with E-state index in [0.717, 1.165) is 28.1 Å². The molecule has 2 aromatic heterocycles. The van der Waals surface area contributed by atoms with E-state index in [1.807, 2.05) is 91.0 Å². The van der Waals surface area contributed by atoms with Crippen LogP contribution >= 0.6 is 11.8 Å². The van der Waals surface area contributed by atoms with Crippen molar-refractivity contribution in [1.82, 2.24) is 20.1 Å². The van der Waals surface area contributed by atoms with Gasteiger partial charge in [-0.25, -0.2) is 4.68 Å². The van der Waals surface area contributed by atoms with Crippen LogP contribution < -0.4 is 24.4 Å². The first-order valence-corrected chi connectivity index (χ1v) is 15.4. The first kappa shape index (κ1) is 28.5. The van der Waals surface area contributed by atoms with Gasteiger partial charge in [0.15, 0.2) is 11.5 Å². The minimum atomic E-state index is -0.310. The topological polar surface area (TPSA) is 108 Å². The van der Waals surface area contributed by atoms with Crippen LogP contribution in [0.1, 0.15) is 22.1 Å². The van der Waals surface area contributed by atoms with Crippen molar-refractivity contribution in [1.29, 1.82) is 0 Å². The number of hydrogen-bond donors (Lipinski definition) is 1. The SMILES string of the molecule is COc1ccc(-n2nc(-c3ccccc3)c3c2N(CC(=O)NCc2ccccn2)C(=O)CS[C@H]3c2ccc3c(c2)OCO3)cc1. The molecule has 226 valence electrons. The number of amides is 2. The number of nitrogens with one attached hydrogen (secondary N) is 1. The van der Waals surface area contributed by atoms with Crippen molar-refractivity contribution in [3.8, 4) is 34.2 Å². The molecule has 2 amide bonds. The predicted octanol–water partition coefficient (Wildman–Crippen LogP) is 5.16. The molecule has 0 saturated carbocycles. The van der Waals surface area contributed by atoms with Gasteiger partial charge in [0.1, 0.15) is 18.1 Å². The monoisotopic (exact) mass is 619 g/mol. The minimum Gasteiger partial charge on any atom is -0.497 e. The van der Waals surface area contributed by atoms with E-state index in [1.54, 1.807) is 22.9 Å². The Morgan fingerprint density at radius 2 is 1.80 bits per heavy atom. The van der Waals surface area contributed by atoms with E-state index in [0.29, 0.717) is 28.8 Å². The number of thioether (sulfide) groups is 1. The van der Waals surface area contributed by atoms with Crippen LogP contribution in [0.3, 0.4) is 0 Å². The second-order valence-corrected chi connectivity index (χ2v) is 11.5. The molecule has 7 rings (SSSR count). The molecular weight excluding hydrogens is 590 g/mol. The van der Waals surface area contributed by atoms with Gasteiger partial charge in [-0.15, -0.1) is 11.8 Å². The van der Waals surface area contributed by atoms with Crippen LogP contribution in [0.25, 0.3) is 16.9 Å². The van der Waals surface area contributed by atoms with Gasteiger partial charge >= 0.3 is 0 Å². The zero-order chi connectivity index (χ0) is 30.8. The molecule has 45 heavy (non-hydrogen) atoms. The van der Waals surface area contributed by atoms with E-state index in [2.05, 4.69) is 10.3 Å². The third kappa shape index (κ3) is 5.69. The molecule has 2 aliphatic heterocycles. The number of carbonyl (C=O) groups is 2. The van der Waals surface area contributed by atoms with Gasteiger partial charge in [0.05, 0.1) is 41.7 Å². The van der Waals surface area contributed by atoms with Gasteiger partial charge in [-0.1, -0.05) is 42.5 Å². The maximum Gasteiger partial charge on any atom is 0.240 e. The van der Waals surface area contributed by atoms with Gasteiger partial charge in [-0.05, 0) is 54.1 Å². The van der Waals surface area contributed by atoms with Crippen molar-refractivity contribution in [3.63, 3.8) is 0 Å². The maximum atomic E-state index is 14.0. The van der Waals surface area contributed by atoms with Gasteiger partial charge in [0.25, 0.3) is 0 Å². The van der Waals surface area contributed by atoms with Crippen LogP contribution in [0.2, 0.25) is 0 Å². The molecule has 0 bridgehead atoms. The lowest BCUT2D eigenvalue weighted by atomic mass is 9.99. The number of aromatic nitrogens is 3. The molecule has 0 saturated heterocycles. The second kappa shape index (κ2) is 12.4. The summed E-state index contributed by atoms with van der Waals surface area (Å²) in [5.41, 5.74) is 4.81. The predicted molar refractivity (Wildman–Crippen MR) is 171 cm³/mol. The number of anilines is 1. The van der Waals surface area contributed by atoms with Gasteiger partial charge in [0, 0.05) is 17.3 Å². The quantitative estimate of drug-likeness (QED) is 0.254. The Kier molecular flexibility index (Phi) is 7.83. The number of fused-ring (bicyclic) bond motifs is 2. The summed E-state index contributed by atoms with van der Waals surface area (Å²) in [6.45, 7) is 0.214. The summed E-state index contributed by atoms with van der Waals surface area (Å²) in [5.74, 6) is 2.19. The Labute approximate surface area is 263 Å². The summed E-state index contributed by atoms with van der Waals surface area (Å²) in [7, 11) is 1.61. The molecule has 0 spiro atoms. The van der Waals surface area contributed by atoms with Gasteiger partial charge in [-0.2, -0.15) is 5.10 Å². The summed E-state index contributed by atoms with van der Waals surface area (Å²) in [6.07, 6.45) is 1.68. The number of pyridine rings is 1. The van der Waals surface area contributed by atoms with Crippen molar-refractivity contribution in [3.05, 3.63) is 114 Å². The first-order chi connectivity index (χ1) is 22.1. The summed E-state index contributed by atoms with van der Waals surface area (Å²) in [6, 6.07) is 28.7. The second-order valence-electron chi connectivity index (χ2n) is 10.4. The molecule has 11 heteroatoms. The van der Waals surface area contributed by atoms with E-state index in [4.69, 9.17) is 19.3 Å². The zero-order valence-corrected chi connectivity index (χ0v) is 25.2. The number of methoxy groups -OCH3 is 1. The van der Waals surface area contributed by atoms with E-state index >= 15 is 0 Å². The lowest BCUT2D eigenvalue weighted by Gasteiger charge is -2.23. The van der Waals surface area contributed by atoms with E-state index in [1.165, 1.54) is 11.8 Å².